The van der Waals surface area contributed by atoms with Crippen molar-refractivity contribution in [3.63, 3.8) is 0 Å². The Bertz CT molecular complexity index is 543. The number of halogens is 1. The van der Waals surface area contributed by atoms with Crippen molar-refractivity contribution in [3.8, 4) is 0 Å². The van der Waals surface area contributed by atoms with E-state index in [0.717, 1.165) is 42.7 Å². The van der Waals surface area contributed by atoms with E-state index in [9.17, 15) is 0 Å². The van der Waals surface area contributed by atoms with Crippen LogP contribution in [0.3, 0.4) is 0 Å². The lowest BCUT2D eigenvalue weighted by Crippen LogP contribution is -2.26. The standard InChI is InChI=1S/C13H17ClN4/c1-9-8-12-13(15-6-7-18(12)17-9)16-11-4-2-10(14)3-5-11/h6-8,10-11H,2-5H2,1H3,(H,15,16). The predicted molar refractivity (Wildman–Crippen MR) is 73.2 cm³/mol. The van der Waals surface area contributed by atoms with Crippen LogP contribution in [-0.2, 0) is 0 Å². The monoisotopic (exact) mass is 264 g/mol. The third kappa shape index (κ3) is 2.29. The second-order valence-electron chi connectivity index (χ2n) is 4.98. The lowest BCUT2D eigenvalue weighted by atomic mass is 9.95. The van der Waals surface area contributed by atoms with Crippen LogP contribution in [0, 0.1) is 6.92 Å². The van der Waals surface area contributed by atoms with Crippen LogP contribution in [-0.4, -0.2) is 26.0 Å². The molecule has 0 unspecified atom stereocenters. The average Bonchev–Trinajstić information content (AvgIpc) is 2.73. The number of anilines is 1. The molecule has 18 heavy (non-hydrogen) atoms. The smallest absolute Gasteiger partial charge is 0.152 e. The molecule has 0 bridgehead atoms. The lowest BCUT2D eigenvalue weighted by Gasteiger charge is -2.26. The van der Waals surface area contributed by atoms with E-state index >= 15 is 0 Å². The van der Waals surface area contributed by atoms with Crippen LogP contribution in [0.5, 0.6) is 0 Å². The zero-order valence-electron chi connectivity index (χ0n) is 10.4. The third-order valence-corrected chi connectivity index (χ3v) is 3.95. The van der Waals surface area contributed by atoms with Gasteiger partial charge in [0, 0.05) is 23.8 Å². The Morgan fingerprint density at radius 2 is 2.11 bits per heavy atom. The lowest BCUT2D eigenvalue weighted by molar-refractivity contribution is 0.468. The second-order valence-corrected chi connectivity index (χ2v) is 5.60. The van der Waals surface area contributed by atoms with Gasteiger partial charge in [0.2, 0.25) is 0 Å². The van der Waals surface area contributed by atoms with E-state index in [4.69, 9.17) is 11.6 Å². The van der Waals surface area contributed by atoms with Crippen LogP contribution < -0.4 is 5.32 Å². The van der Waals surface area contributed by atoms with Crippen LogP contribution in [0.4, 0.5) is 5.82 Å². The largest absolute Gasteiger partial charge is 0.366 e. The molecular formula is C13H17ClN4. The number of fused-ring (bicyclic) bond motifs is 1. The minimum Gasteiger partial charge on any atom is -0.366 e. The molecule has 0 atom stereocenters. The first-order valence-electron chi connectivity index (χ1n) is 6.44. The van der Waals surface area contributed by atoms with Crippen molar-refractivity contribution >= 4 is 22.9 Å². The fraction of sp³-hybridized carbons (Fsp3) is 0.538. The number of nitrogens with zero attached hydrogens (tertiary/aromatic N) is 3. The van der Waals surface area contributed by atoms with E-state index < -0.39 is 0 Å². The van der Waals surface area contributed by atoms with Gasteiger partial charge in [0.15, 0.2) is 5.82 Å². The highest BCUT2D eigenvalue weighted by atomic mass is 35.5. The topological polar surface area (TPSA) is 42.2 Å². The predicted octanol–water partition coefficient (Wildman–Crippen LogP) is 3.00. The summed E-state index contributed by atoms with van der Waals surface area (Å²) in [5, 5.41) is 8.27. The molecule has 0 saturated heterocycles. The van der Waals surface area contributed by atoms with Crippen LogP contribution in [0.2, 0.25) is 0 Å². The Morgan fingerprint density at radius 1 is 1.33 bits per heavy atom. The summed E-state index contributed by atoms with van der Waals surface area (Å²) in [5.41, 5.74) is 2.05. The molecule has 1 N–H and O–H groups in total. The Labute approximate surface area is 111 Å². The van der Waals surface area contributed by atoms with Crippen LogP contribution in [0.1, 0.15) is 31.4 Å². The quantitative estimate of drug-likeness (QED) is 0.848. The maximum atomic E-state index is 6.13. The highest BCUT2D eigenvalue weighted by molar-refractivity contribution is 6.20. The third-order valence-electron chi connectivity index (χ3n) is 3.51. The summed E-state index contributed by atoms with van der Waals surface area (Å²) in [4.78, 5) is 4.43. The Morgan fingerprint density at radius 3 is 2.89 bits per heavy atom. The minimum atomic E-state index is 0.351. The summed E-state index contributed by atoms with van der Waals surface area (Å²) in [5.74, 6) is 0.927. The molecule has 1 fully saturated rings. The van der Waals surface area contributed by atoms with E-state index in [1.807, 2.05) is 17.6 Å². The number of rotatable bonds is 2. The van der Waals surface area contributed by atoms with E-state index in [-0.39, 0.29) is 0 Å². The van der Waals surface area contributed by atoms with Gasteiger partial charge >= 0.3 is 0 Å². The molecule has 0 aliphatic heterocycles. The van der Waals surface area contributed by atoms with Crippen molar-refractivity contribution in [2.75, 3.05) is 5.32 Å². The van der Waals surface area contributed by atoms with Gasteiger partial charge in [-0.2, -0.15) is 5.10 Å². The van der Waals surface area contributed by atoms with Crippen molar-refractivity contribution in [2.45, 2.75) is 44.0 Å². The zero-order chi connectivity index (χ0) is 12.5. The molecule has 2 aromatic heterocycles. The van der Waals surface area contributed by atoms with Crippen LogP contribution >= 0.6 is 11.6 Å². The fourth-order valence-electron chi connectivity index (χ4n) is 2.55. The Balaban J connectivity index is 1.82. The van der Waals surface area contributed by atoms with Gasteiger partial charge in [0.1, 0.15) is 5.52 Å². The van der Waals surface area contributed by atoms with Gasteiger partial charge in [-0.1, -0.05) is 0 Å². The first kappa shape index (κ1) is 11.8. The van der Waals surface area contributed by atoms with Gasteiger partial charge in [-0.05, 0) is 38.7 Å². The average molecular weight is 265 g/mol. The number of alkyl halides is 1. The minimum absolute atomic E-state index is 0.351. The van der Waals surface area contributed by atoms with Crippen molar-refractivity contribution in [1.29, 1.82) is 0 Å². The van der Waals surface area contributed by atoms with Gasteiger partial charge < -0.3 is 5.32 Å². The van der Waals surface area contributed by atoms with Crippen LogP contribution in [0.25, 0.3) is 5.52 Å². The highest BCUT2D eigenvalue weighted by Crippen LogP contribution is 2.26. The number of nitrogens with one attached hydrogen (secondary N) is 1. The molecule has 0 aromatic carbocycles. The van der Waals surface area contributed by atoms with E-state index in [0.29, 0.717) is 11.4 Å². The fourth-order valence-corrected chi connectivity index (χ4v) is 2.80. The van der Waals surface area contributed by atoms with Crippen molar-refractivity contribution in [3.05, 3.63) is 24.2 Å². The normalized spacial score (nSPS) is 24.3. The number of hydrogen-bond acceptors (Lipinski definition) is 3. The maximum Gasteiger partial charge on any atom is 0.152 e. The van der Waals surface area contributed by atoms with E-state index in [1.54, 1.807) is 6.20 Å². The summed E-state index contributed by atoms with van der Waals surface area (Å²) in [6, 6.07) is 2.54. The number of aromatic nitrogens is 3. The molecule has 96 valence electrons. The summed E-state index contributed by atoms with van der Waals surface area (Å²) < 4.78 is 1.87. The first-order chi connectivity index (χ1) is 8.72. The molecule has 5 heteroatoms. The molecule has 4 nitrogen and oxygen atoms in total. The van der Waals surface area contributed by atoms with Gasteiger partial charge in [-0.25, -0.2) is 9.50 Å². The summed E-state index contributed by atoms with van der Waals surface area (Å²) in [6.07, 6.45) is 8.06. The van der Waals surface area contributed by atoms with Gasteiger partial charge in [-0.15, -0.1) is 11.6 Å². The maximum absolute atomic E-state index is 6.13. The Hall–Kier alpha value is -1.29. The zero-order valence-corrected chi connectivity index (χ0v) is 11.2. The number of hydrogen-bond donors (Lipinski definition) is 1. The molecular weight excluding hydrogens is 248 g/mol. The molecule has 2 aromatic rings. The molecule has 3 rings (SSSR count). The van der Waals surface area contributed by atoms with E-state index in [1.165, 1.54) is 0 Å². The molecule has 0 radical (unpaired) electrons. The molecule has 0 amide bonds. The van der Waals surface area contributed by atoms with Gasteiger partial charge in [-0.3, -0.25) is 0 Å². The summed E-state index contributed by atoms with van der Waals surface area (Å²) >= 11 is 6.13. The van der Waals surface area contributed by atoms with Crippen molar-refractivity contribution in [2.24, 2.45) is 0 Å². The molecule has 1 aliphatic rings. The molecule has 1 aliphatic carbocycles. The number of aryl methyl sites for hydroxylation is 1. The SMILES string of the molecule is Cc1cc2c(NC3CCC(Cl)CC3)nccn2n1. The summed E-state index contributed by atoms with van der Waals surface area (Å²) in [7, 11) is 0. The molecule has 2 heterocycles. The second kappa shape index (κ2) is 4.76. The molecule has 0 spiro atoms. The van der Waals surface area contributed by atoms with Gasteiger partial charge in [0.25, 0.3) is 0 Å². The van der Waals surface area contributed by atoms with Crippen molar-refractivity contribution < 1.29 is 0 Å². The first-order valence-corrected chi connectivity index (χ1v) is 6.87. The van der Waals surface area contributed by atoms with Crippen molar-refractivity contribution in [1.82, 2.24) is 14.6 Å². The van der Waals surface area contributed by atoms with Gasteiger partial charge in [0.05, 0.1) is 5.69 Å². The Kier molecular flexibility index (Phi) is 3.12. The highest BCUT2D eigenvalue weighted by Gasteiger charge is 2.20. The van der Waals surface area contributed by atoms with E-state index in [2.05, 4.69) is 21.5 Å². The summed E-state index contributed by atoms with van der Waals surface area (Å²) in [6.45, 7) is 2.00. The molecule has 1 saturated carbocycles. The van der Waals surface area contributed by atoms with Crippen LogP contribution in [0.15, 0.2) is 18.5 Å².